The Hall–Kier alpha value is -3.02. The van der Waals surface area contributed by atoms with Gasteiger partial charge in [-0.25, -0.2) is 4.68 Å². The van der Waals surface area contributed by atoms with E-state index in [4.69, 9.17) is 5.10 Å². The first-order valence-corrected chi connectivity index (χ1v) is 8.97. The molecule has 0 saturated carbocycles. The maximum atomic E-state index is 12.6. The van der Waals surface area contributed by atoms with Crippen LogP contribution in [0.2, 0.25) is 0 Å². The van der Waals surface area contributed by atoms with E-state index in [1.54, 1.807) is 17.1 Å². The molecule has 1 aliphatic rings. The molecule has 3 aromatic heterocycles. The van der Waals surface area contributed by atoms with Gasteiger partial charge in [-0.05, 0) is 43.5 Å². The van der Waals surface area contributed by atoms with Gasteiger partial charge in [-0.2, -0.15) is 5.10 Å². The minimum Gasteiger partial charge on any atom is -0.323 e. The Labute approximate surface area is 152 Å². The zero-order chi connectivity index (χ0) is 17.9. The Balaban J connectivity index is 1.82. The second kappa shape index (κ2) is 7.07. The normalized spacial score (nSPS) is 17.6. The predicted molar refractivity (Wildman–Crippen MR) is 99.9 cm³/mol. The molecule has 132 valence electrons. The van der Waals surface area contributed by atoms with Crippen molar-refractivity contribution < 1.29 is 4.79 Å². The van der Waals surface area contributed by atoms with E-state index in [1.807, 2.05) is 37.5 Å². The summed E-state index contributed by atoms with van der Waals surface area (Å²) in [6.45, 7) is 1.98. The van der Waals surface area contributed by atoms with Crippen molar-refractivity contribution in [3.63, 3.8) is 0 Å². The molecule has 1 unspecified atom stereocenters. The number of rotatable bonds is 1. The smallest absolute Gasteiger partial charge is 0.227 e. The fourth-order valence-electron chi connectivity index (χ4n) is 3.21. The van der Waals surface area contributed by atoms with Crippen LogP contribution in [-0.4, -0.2) is 25.7 Å². The molecule has 0 radical (unpaired) electrons. The highest BCUT2D eigenvalue weighted by atomic mass is 16.1. The van der Waals surface area contributed by atoms with E-state index in [9.17, 15) is 4.79 Å². The number of nitrogens with one attached hydrogen (secondary N) is 1. The first-order valence-electron chi connectivity index (χ1n) is 8.97. The molecule has 1 atom stereocenters. The summed E-state index contributed by atoms with van der Waals surface area (Å²) in [5.74, 6) is 0.00200. The second-order valence-electron chi connectivity index (χ2n) is 6.72. The van der Waals surface area contributed by atoms with Crippen LogP contribution < -0.4 is 5.32 Å². The molecule has 3 aromatic rings. The van der Waals surface area contributed by atoms with E-state index in [-0.39, 0.29) is 11.8 Å². The van der Waals surface area contributed by atoms with Gasteiger partial charge in [0.2, 0.25) is 5.91 Å². The Morgan fingerprint density at radius 3 is 3.00 bits per heavy atom. The van der Waals surface area contributed by atoms with Gasteiger partial charge >= 0.3 is 0 Å². The molecule has 1 aliphatic heterocycles. The standard InChI is InChI=1S/C20H21N5O/c1-14-5-2-3-6-16-11-15(8-10-22-16)19-18(23-20(14)26)13-25(24-19)17-7-4-9-21-12-17/h4,7-14H,2-3,5-6H2,1H3,(H,23,26). The van der Waals surface area contributed by atoms with Crippen molar-refractivity contribution in [3.05, 3.63) is 54.7 Å². The maximum absolute atomic E-state index is 12.6. The number of carbonyl (C=O) groups excluding carboxylic acids is 1. The molecule has 0 aliphatic carbocycles. The van der Waals surface area contributed by atoms with Crippen LogP contribution in [0.25, 0.3) is 16.9 Å². The summed E-state index contributed by atoms with van der Waals surface area (Å²) >= 11 is 0. The predicted octanol–water partition coefficient (Wildman–Crippen LogP) is 3.63. The number of aryl methyl sites for hydroxylation is 1. The lowest BCUT2D eigenvalue weighted by Gasteiger charge is -2.13. The van der Waals surface area contributed by atoms with Crippen LogP contribution in [0.5, 0.6) is 0 Å². The van der Waals surface area contributed by atoms with Gasteiger partial charge in [0, 0.05) is 29.6 Å². The van der Waals surface area contributed by atoms with Gasteiger partial charge in [0.05, 0.1) is 23.8 Å². The molecular formula is C20H21N5O. The van der Waals surface area contributed by atoms with Crippen LogP contribution >= 0.6 is 0 Å². The number of pyridine rings is 2. The number of fused-ring (bicyclic) bond motifs is 4. The largest absolute Gasteiger partial charge is 0.323 e. The summed E-state index contributed by atoms with van der Waals surface area (Å²) in [7, 11) is 0. The Kier molecular flexibility index (Phi) is 4.48. The highest BCUT2D eigenvalue weighted by molar-refractivity contribution is 5.95. The van der Waals surface area contributed by atoms with Gasteiger partial charge in [-0.1, -0.05) is 13.3 Å². The van der Waals surface area contributed by atoms with E-state index < -0.39 is 0 Å². The minimum absolute atomic E-state index is 0.0321. The van der Waals surface area contributed by atoms with Gasteiger partial charge in [0.15, 0.2) is 0 Å². The lowest BCUT2D eigenvalue weighted by Crippen LogP contribution is -2.20. The summed E-state index contributed by atoms with van der Waals surface area (Å²) in [6, 6.07) is 7.80. The zero-order valence-electron chi connectivity index (χ0n) is 14.7. The average Bonchev–Trinajstić information content (AvgIpc) is 3.09. The number of hydrogen-bond donors (Lipinski definition) is 1. The van der Waals surface area contributed by atoms with Gasteiger partial charge in [-0.15, -0.1) is 0 Å². The van der Waals surface area contributed by atoms with E-state index in [1.165, 1.54) is 0 Å². The topological polar surface area (TPSA) is 72.7 Å². The van der Waals surface area contributed by atoms with Crippen molar-refractivity contribution in [1.82, 2.24) is 19.7 Å². The first kappa shape index (κ1) is 16.4. The fourth-order valence-corrected chi connectivity index (χ4v) is 3.21. The maximum Gasteiger partial charge on any atom is 0.227 e. The summed E-state index contributed by atoms with van der Waals surface area (Å²) in [5.41, 5.74) is 4.33. The van der Waals surface area contributed by atoms with Crippen molar-refractivity contribution in [1.29, 1.82) is 0 Å². The average molecular weight is 347 g/mol. The molecule has 1 N–H and O–H groups in total. The minimum atomic E-state index is -0.0321. The van der Waals surface area contributed by atoms with E-state index in [2.05, 4.69) is 21.4 Å². The van der Waals surface area contributed by atoms with Crippen LogP contribution in [0.1, 0.15) is 31.9 Å². The molecule has 4 heterocycles. The summed E-state index contributed by atoms with van der Waals surface area (Å²) in [6.07, 6.45) is 11.0. The van der Waals surface area contributed by atoms with E-state index in [0.29, 0.717) is 5.69 Å². The SMILES string of the molecule is CC1CCCCc2cc(ccn2)-c2nn(-c3cccnc3)cc2NC1=O. The summed E-state index contributed by atoms with van der Waals surface area (Å²) < 4.78 is 1.75. The molecule has 2 bridgehead atoms. The summed E-state index contributed by atoms with van der Waals surface area (Å²) in [5, 5.41) is 7.78. The molecule has 0 fully saturated rings. The van der Waals surface area contributed by atoms with Crippen molar-refractivity contribution in [3.8, 4) is 16.9 Å². The van der Waals surface area contributed by atoms with Crippen molar-refractivity contribution in [2.75, 3.05) is 5.32 Å². The van der Waals surface area contributed by atoms with Gasteiger partial charge in [0.1, 0.15) is 5.69 Å². The van der Waals surface area contributed by atoms with Crippen molar-refractivity contribution in [2.45, 2.75) is 32.6 Å². The lowest BCUT2D eigenvalue weighted by molar-refractivity contribution is -0.119. The number of amides is 1. The Bertz CT molecular complexity index is 919. The zero-order valence-corrected chi connectivity index (χ0v) is 14.7. The van der Waals surface area contributed by atoms with Gasteiger partial charge in [-0.3, -0.25) is 14.8 Å². The third-order valence-electron chi connectivity index (χ3n) is 4.74. The first-order chi connectivity index (χ1) is 12.7. The van der Waals surface area contributed by atoms with Gasteiger partial charge in [0.25, 0.3) is 0 Å². The molecule has 1 amide bonds. The molecule has 26 heavy (non-hydrogen) atoms. The quantitative estimate of drug-likeness (QED) is 0.729. The van der Waals surface area contributed by atoms with Gasteiger partial charge < -0.3 is 5.32 Å². The van der Waals surface area contributed by atoms with Crippen LogP contribution in [0.15, 0.2) is 49.1 Å². The third kappa shape index (κ3) is 3.35. The van der Waals surface area contributed by atoms with Crippen LogP contribution in [-0.2, 0) is 11.2 Å². The molecule has 6 nitrogen and oxygen atoms in total. The van der Waals surface area contributed by atoms with Crippen LogP contribution in [0.4, 0.5) is 5.69 Å². The molecule has 4 rings (SSSR count). The number of hydrogen-bond acceptors (Lipinski definition) is 4. The monoisotopic (exact) mass is 347 g/mol. The Morgan fingerprint density at radius 1 is 1.23 bits per heavy atom. The molecule has 0 spiro atoms. The number of nitrogens with zero attached hydrogens (tertiary/aromatic N) is 4. The van der Waals surface area contributed by atoms with E-state index >= 15 is 0 Å². The fraction of sp³-hybridized carbons (Fsp3) is 0.300. The van der Waals surface area contributed by atoms with Crippen LogP contribution in [0, 0.1) is 5.92 Å². The lowest BCUT2D eigenvalue weighted by atomic mass is 10.00. The van der Waals surface area contributed by atoms with Crippen molar-refractivity contribution >= 4 is 11.6 Å². The third-order valence-corrected chi connectivity index (χ3v) is 4.74. The summed E-state index contributed by atoms with van der Waals surface area (Å²) in [4.78, 5) is 21.2. The highest BCUT2D eigenvalue weighted by Gasteiger charge is 2.19. The van der Waals surface area contributed by atoms with E-state index in [0.717, 1.165) is 48.3 Å². The number of carbonyl (C=O) groups is 1. The second-order valence-corrected chi connectivity index (χ2v) is 6.72. The van der Waals surface area contributed by atoms with Crippen molar-refractivity contribution in [2.24, 2.45) is 5.92 Å². The molecular weight excluding hydrogens is 326 g/mol. The molecule has 0 saturated heterocycles. The number of aromatic nitrogens is 4. The molecule has 0 aromatic carbocycles. The Morgan fingerprint density at radius 2 is 2.15 bits per heavy atom. The molecule has 6 heteroatoms. The van der Waals surface area contributed by atoms with Crippen LogP contribution in [0.3, 0.4) is 0 Å². The number of anilines is 1. The highest BCUT2D eigenvalue weighted by Crippen LogP contribution is 2.29.